The van der Waals surface area contributed by atoms with Crippen molar-refractivity contribution >= 4 is 17.0 Å². The lowest BCUT2D eigenvalue weighted by molar-refractivity contribution is 0.264. The molecule has 0 amide bonds. The van der Waals surface area contributed by atoms with E-state index in [2.05, 4.69) is 4.98 Å². The molecule has 0 aliphatic heterocycles. The van der Waals surface area contributed by atoms with Crippen molar-refractivity contribution < 1.29 is 28.2 Å². The molecule has 2 N–H and O–H groups in total. The van der Waals surface area contributed by atoms with Gasteiger partial charge in [-0.3, -0.25) is 4.98 Å². The summed E-state index contributed by atoms with van der Waals surface area (Å²) in [5, 5.41) is 0.324. The van der Waals surface area contributed by atoms with E-state index in [0.29, 0.717) is 16.9 Å². The number of aromatic nitrogens is 1. The van der Waals surface area contributed by atoms with Gasteiger partial charge in [-0.1, -0.05) is 17.7 Å². The summed E-state index contributed by atoms with van der Waals surface area (Å²) in [6, 6.07) is 2.75. The van der Waals surface area contributed by atoms with Gasteiger partial charge in [0.25, 0.3) is 0 Å². The van der Waals surface area contributed by atoms with Gasteiger partial charge in [0, 0.05) is 27.3 Å². The van der Waals surface area contributed by atoms with Gasteiger partial charge in [-0.05, 0) is 49.9 Å². The molecule has 5 rings (SSSR count). The van der Waals surface area contributed by atoms with Gasteiger partial charge in [-0.2, -0.15) is 0 Å². The van der Waals surface area contributed by atoms with E-state index < -0.39 is 36.6 Å². The van der Waals surface area contributed by atoms with Crippen molar-refractivity contribution in [2.24, 2.45) is 5.73 Å². The van der Waals surface area contributed by atoms with Crippen LogP contribution in [0.1, 0.15) is 40.4 Å². The van der Waals surface area contributed by atoms with Crippen molar-refractivity contribution in [1.82, 2.24) is 4.98 Å². The number of allylic oxidation sites excluding steroid dienone is 1. The van der Waals surface area contributed by atoms with Crippen LogP contribution >= 0.6 is 0 Å². The largest absolute Gasteiger partial charge is 0.493 e. The van der Waals surface area contributed by atoms with E-state index in [-0.39, 0.29) is 52.7 Å². The number of fused-ring (bicyclic) bond motifs is 2. The van der Waals surface area contributed by atoms with Crippen LogP contribution in [-0.4, -0.2) is 24.2 Å². The molecule has 0 atom stereocenters. The number of nitrogens with two attached hydrogens (primary N) is 1. The van der Waals surface area contributed by atoms with Crippen LogP contribution < -0.4 is 19.9 Å². The highest BCUT2D eigenvalue weighted by Gasteiger charge is 2.39. The maximum Gasteiger partial charge on any atom is 0.173 e. The Labute approximate surface area is 184 Å². The molecular weight excluding hydrogens is 383 g/mol. The first-order valence-electron chi connectivity index (χ1n) is 12.9. The Kier molecular flexibility index (Phi) is 2.92. The molecule has 2 aliphatic rings. The zero-order chi connectivity index (χ0) is 26.9. The zero-order valence-electron chi connectivity index (χ0n) is 23.2. The molecular formula is C24H23FN2O3. The highest BCUT2D eigenvalue weighted by atomic mass is 19.1. The molecule has 0 unspecified atom stereocenters. The molecule has 1 heterocycles. The third kappa shape index (κ3) is 3.37. The predicted molar refractivity (Wildman–Crippen MR) is 114 cm³/mol. The fraction of sp³-hybridized carbons (Fsp3) is 0.292. The zero-order valence-corrected chi connectivity index (χ0v) is 16.2. The number of pyridine rings is 1. The summed E-state index contributed by atoms with van der Waals surface area (Å²) >= 11 is 0. The molecule has 1 aromatic heterocycles. The topological polar surface area (TPSA) is 66.6 Å². The van der Waals surface area contributed by atoms with Crippen molar-refractivity contribution in [2.75, 3.05) is 13.7 Å². The normalized spacial score (nSPS) is 20.3. The number of methoxy groups -OCH3 is 1. The first kappa shape index (κ1) is 12.5. The average molecular weight is 413 g/mol. The number of benzene rings is 2. The average Bonchev–Trinajstić information content (AvgIpc) is 3.45. The Morgan fingerprint density at radius 2 is 2.10 bits per heavy atom. The number of hydrogen-bond donors (Lipinski definition) is 1. The van der Waals surface area contributed by atoms with Gasteiger partial charge in [-0.25, -0.2) is 4.39 Å². The summed E-state index contributed by atoms with van der Waals surface area (Å²) in [6.45, 7) is -2.37. The maximum atomic E-state index is 15.7. The summed E-state index contributed by atoms with van der Waals surface area (Å²) in [4.78, 5) is 4.19. The van der Waals surface area contributed by atoms with Crippen LogP contribution in [0.3, 0.4) is 0 Å². The lowest BCUT2D eigenvalue weighted by Gasteiger charge is -2.16. The van der Waals surface area contributed by atoms with Gasteiger partial charge >= 0.3 is 0 Å². The van der Waals surface area contributed by atoms with Crippen LogP contribution in [0.4, 0.5) is 4.39 Å². The molecule has 2 aliphatic carbocycles. The van der Waals surface area contributed by atoms with Gasteiger partial charge in [0.2, 0.25) is 0 Å². The minimum atomic E-state index is -2.64. The summed E-state index contributed by atoms with van der Waals surface area (Å²) < 4.78 is 88.6. The third-order valence-electron chi connectivity index (χ3n) is 5.22. The lowest BCUT2D eigenvalue weighted by Crippen LogP contribution is -2.29. The highest BCUT2D eigenvalue weighted by Crippen LogP contribution is 2.40. The quantitative estimate of drug-likeness (QED) is 0.616. The minimum Gasteiger partial charge on any atom is -0.493 e. The molecule has 0 saturated heterocycles. The molecule has 5 nitrogen and oxygen atoms in total. The Morgan fingerprint density at radius 1 is 1.23 bits per heavy atom. The molecule has 30 heavy (non-hydrogen) atoms. The number of hydrogen-bond acceptors (Lipinski definition) is 5. The summed E-state index contributed by atoms with van der Waals surface area (Å²) in [5.74, 6) is -1.11. The first-order chi connectivity index (χ1) is 17.3. The number of nitrogens with zero attached hydrogens (tertiary/aromatic N) is 1. The monoisotopic (exact) mass is 413 g/mol. The van der Waals surface area contributed by atoms with E-state index in [1.807, 2.05) is 0 Å². The summed E-state index contributed by atoms with van der Waals surface area (Å²) in [5.41, 5.74) is 5.31. The van der Waals surface area contributed by atoms with Crippen LogP contribution in [0.25, 0.3) is 17.0 Å². The van der Waals surface area contributed by atoms with Crippen molar-refractivity contribution in [1.29, 1.82) is 0 Å². The van der Waals surface area contributed by atoms with E-state index in [1.54, 1.807) is 12.1 Å². The highest BCUT2D eigenvalue weighted by molar-refractivity contribution is 5.88. The van der Waals surface area contributed by atoms with Crippen molar-refractivity contribution in [3.8, 4) is 23.0 Å². The van der Waals surface area contributed by atoms with Gasteiger partial charge in [0.05, 0.1) is 23.6 Å². The van der Waals surface area contributed by atoms with Gasteiger partial charge < -0.3 is 19.9 Å². The molecule has 1 saturated carbocycles. The fourth-order valence-electron chi connectivity index (χ4n) is 3.27. The molecule has 154 valence electrons. The number of ether oxygens (including phenoxy) is 3. The number of halogens is 1. The predicted octanol–water partition coefficient (Wildman–Crippen LogP) is 5.00. The van der Waals surface area contributed by atoms with E-state index in [0.717, 1.165) is 12.8 Å². The fourth-order valence-corrected chi connectivity index (χ4v) is 3.27. The Balaban J connectivity index is 1.60. The van der Waals surface area contributed by atoms with Crippen LogP contribution in [-0.2, 0) is 6.42 Å². The molecule has 1 fully saturated rings. The van der Waals surface area contributed by atoms with Crippen LogP contribution in [0.15, 0.2) is 42.0 Å². The smallest absolute Gasteiger partial charge is 0.173 e. The first-order valence-corrected chi connectivity index (χ1v) is 9.44. The van der Waals surface area contributed by atoms with Crippen molar-refractivity contribution in [3.05, 3.63) is 59.0 Å². The SMILES string of the molecule is [2H]C1=C(C([2H])([2H])[2H])Cc2c([2H])c([2H])c(Oc3cc([2H])nc4cc(OCC5(N)CC5)c(OC)cc34)c(F)c21. The molecule has 6 heteroatoms. The Bertz CT molecular complexity index is 1490. The second kappa shape index (κ2) is 6.99. The molecule has 0 spiro atoms. The second-order valence-corrected chi connectivity index (χ2v) is 7.55. The molecule has 3 aromatic rings. The molecule has 2 aromatic carbocycles. The summed E-state index contributed by atoms with van der Waals surface area (Å²) in [6.07, 6.45) is 1.17. The maximum absolute atomic E-state index is 15.7. The molecule has 0 bridgehead atoms. The van der Waals surface area contributed by atoms with Gasteiger partial charge in [-0.15, -0.1) is 0 Å². The molecule has 0 radical (unpaired) electrons. The Hall–Kier alpha value is -3.12. The van der Waals surface area contributed by atoms with E-state index >= 15 is 4.39 Å². The van der Waals surface area contributed by atoms with E-state index in [9.17, 15) is 0 Å². The summed E-state index contributed by atoms with van der Waals surface area (Å²) in [7, 11) is 1.44. The second-order valence-electron chi connectivity index (χ2n) is 7.55. The third-order valence-corrected chi connectivity index (χ3v) is 5.22. The van der Waals surface area contributed by atoms with Gasteiger partial charge in [0.15, 0.2) is 23.1 Å². The van der Waals surface area contributed by atoms with Crippen LogP contribution in [0, 0.1) is 5.82 Å². The lowest BCUT2D eigenvalue weighted by atomic mass is 10.1. The number of rotatable bonds is 6. The van der Waals surface area contributed by atoms with E-state index in [1.165, 1.54) is 13.2 Å². The van der Waals surface area contributed by atoms with Crippen LogP contribution in [0.2, 0.25) is 0 Å². The Morgan fingerprint density at radius 3 is 2.87 bits per heavy atom. The van der Waals surface area contributed by atoms with Gasteiger partial charge in [0.1, 0.15) is 12.4 Å². The minimum absolute atomic E-state index is 0.0337. The standard InChI is InChI=1S/C24H23FN2O3/c1-14-9-15-3-4-20(23(25)16(15)10-14)30-19-5-8-27-18-12-22(21(28-2)11-17(18)19)29-13-24(26)6-7-24/h3-5,8,10-12H,6-7,9,13,26H2,1-2H3/i1D3,3D,4D,8D,10D. The van der Waals surface area contributed by atoms with Crippen LogP contribution in [0.5, 0.6) is 23.0 Å². The van der Waals surface area contributed by atoms with Crippen molar-refractivity contribution in [2.45, 2.75) is 31.7 Å². The van der Waals surface area contributed by atoms with E-state index in [4.69, 9.17) is 29.5 Å². The van der Waals surface area contributed by atoms with Crippen molar-refractivity contribution in [3.63, 3.8) is 0 Å².